The van der Waals surface area contributed by atoms with Crippen LogP contribution in [0.2, 0.25) is 0 Å². The van der Waals surface area contributed by atoms with Gasteiger partial charge in [0.2, 0.25) is 0 Å². The molecule has 0 spiro atoms. The number of anilines is 1. The number of amides is 2. The van der Waals surface area contributed by atoms with Gasteiger partial charge in [-0.25, -0.2) is 4.39 Å². The van der Waals surface area contributed by atoms with Gasteiger partial charge in [0.05, 0.1) is 23.2 Å². The van der Waals surface area contributed by atoms with E-state index in [0.29, 0.717) is 9.32 Å². The Bertz CT molecular complexity index is 980. The van der Waals surface area contributed by atoms with Crippen molar-refractivity contribution >= 4 is 51.9 Å². The van der Waals surface area contributed by atoms with E-state index in [1.807, 2.05) is 42.7 Å². The van der Waals surface area contributed by atoms with E-state index in [0.717, 1.165) is 18.2 Å². The van der Waals surface area contributed by atoms with Crippen molar-refractivity contribution in [2.45, 2.75) is 32.0 Å². The van der Waals surface area contributed by atoms with E-state index in [-0.39, 0.29) is 22.4 Å². The predicted octanol–water partition coefficient (Wildman–Crippen LogP) is 5.66. The van der Waals surface area contributed by atoms with E-state index in [2.05, 4.69) is 10.6 Å². The molecular weight excluding hydrogens is 547 g/mol. The molecule has 0 aliphatic carbocycles. The first kappa shape index (κ1) is 25.4. The van der Waals surface area contributed by atoms with Gasteiger partial charge in [-0.05, 0) is 72.5 Å². The normalized spacial score (nSPS) is 11.9. The summed E-state index contributed by atoms with van der Waals surface area (Å²) in [6, 6.07) is 7.59. The quantitative estimate of drug-likeness (QED) is 0.335. The van der Waals surface area contributed by atoms with Crippen molar-refractivity contribution in [3.05, 3.63) is 62.5 Å². The number of thioether (sulfide) groups is 1. The summed E-state index contributed by atoms with van der Waals surface area (Å²) < 4.78 is 52.3. The third-order valence-corrected chi connectivity index (χ3v) is 6.04. The molecular formula is C21H21F4IN2O2S. The number of hydrogen-bond donors (Lipinski definition) is 2. The SMILES string of the molecule is CSCC(C)(C)NC(=O)c1c(I)cccc1C(=O)Nc1ccc(CC(F)(F)F)cc1F. The van der Waals surface area contributed by atoms with Gasteiger partial charge in [0, 0.05) is 14.9 Å². The van der Waals surface area contributed by atoms with Crippen LogP contribution in [0.1, 0.15) is 40.1 Å². The Balaban J connectivity index is 2.29. The number of nitrogens with one attached hydrogen (secondary N) is 2. The van der Waals surface area contributed by atoms with Crippen LogP contribution in [0.3, 0.4) is 0 Å². The Labute approximate surface area is 195 Å². The standard InChI is InChI=1S/C21H21F4IN2O2S/c1-20(2,11-31-3)28-19(30)17-13(5-4-6-15(17)26)18(29)27-16-8-7-12(9-14(16)22)10-21(23,24)25/h4-9H,10-11H2,1-3H3,(H,27,29)(H,28,30). The van der Waals surface area contributed by atoms with Crippen molar-refractivity contribution in [1.82, 2.24) is 5.32 Å². The number of benzene rings is 2. The Morgan fingerprint density at radius 3 is 2.35 bits per heavy atom. The lowest BCUT2D eigenvalue weighted by Crippen LogP contribution is -2.46. The lowest BCUT2D eigenvalue weighted by molar-refractivity contribution is -0.127. The summed E-state index contributed by atoms with van der Waals surface area (Å²) in [6.45, 7) is 3.71. The van der Waals surface area contributed by atoms with Gasteiger partial charge >= 0.3 is 6.18 Å². The molecule has 2 aromatic rings. The molecule has 2 amide bonds. The van der Waals surface area contributed by atoms with Crippen LogP contribution in [-0.4, -0.2) is 35.5 Å². The topological polar surface area (TPSA) is 58.2 Å². The second-order valence-corrected chi connectivity index (χ2v) is 9.52. The lowest BCUT2D eigenvalue weighted by Gasteiger charge is -2.26. The summed E-state index contributed by atoms with van der Waals surface area (Å²) in [4.78, 5) is 25.7. The first-order chi connectivity index (χ1) is 14.3. The molecule has 0 atom stereocenters. The van der Waals surface area contributed by atoms with Gasteiger partial charge in [0.1, 0.15) is 5.82 Å². The van der Waals surface area contributed by atoms with Crippen molar-refractivity contribution < 1.29 is 27.2 Å². The smallest absolute Gasteiger partial charge is 0.346 e. The lowest BCUT2D eigenvalue weighted by atomic mass is 10.0. The highest BCUT2D eigenvalue weighted by molar-refractivity contribution is 14.1. The molecule has 0 heterocycles. The summed E-state index contributed by atoms with van der Waals surface area (Å²) in [5.74, 6) is -1.53. The van der Waals surface area contributed by atoms with Gasteiger partial charge in [0.25, 0.3) is 11.8 Å². The van der Waals surface area contributed by atoms with Crippen LogP contribution in [0.5, 0.6) is 0 Å². The van der Waals surface area contributed by atoms with Gasteiger partial charge in [0.15, 0.2) is 0 Å². The molecule has 0 saturated carbocycles. The number of carbonyl (C=O) groups is 2. The van der Waals surface area contributed by atoms with Gasteiger partial charge in [-0.2, -0.15) is 24.9 Å². The van der Waals surface area contributed by atoms with Crippen LogP contribution < -0.4 is 10.6 Å². The number of halogens is 5. The number of alkyl halides is 3. The predicted molar refractivity (Wildman–Crippen MR) is 123 cm³/mol. The van der Waals surface area contributed by atoms with Crippen molar-refractivity contribution in [2.75, 3.05) is 17.3 Å². The third-order valence-electron chi connectivity index (χ3n) is 4.13. The van der Waals surface area contributed by atoms with Gasteiger partial charge in [-0.1, -0.05) is 12.1 Å². The van der Waals surface area contributed by atoms with Crippen LogP contribution in [0, 0.1) is 9.39 Å². The van der Waals surface area contributed by atoms with Crippen molar-refractivity contribution in [1.29, 1.82) is 0 Å². The highest BCUT2D eigenvalue weighted by Crippen LogP contribution is 2.25. The van der Waals surface area contributed by atoms with Gasteiger partial charge in [-0.15, -0.1) is 0 Å². The summed E-state index contributed by atoms with van der Waals surface area (Å²) in [7, 11) is 0. The molecule has 0 fully saturated rings. The monoisotopic (exact) mass is 568 g/mol. The Kier molecular flexibility index (Phi) is 8.37. The number of hydrogen-bond acceptors (Lipinski definition) is 3. The van der Waals surface area contributed by atoms with Crippen LogP contribution >= 0.6 is 34.4 Å². The molecule has 4 nitrogen and oxygen atoms in total. The number of carbonyl (C=O) groups excluding carboxylic acids is 2. The average molecular weight is 568 g/mol. The molecule has 0 saturated heterocycles. The maximum Gasteiger partial charge on any atom is 0.393 e. The molecule has 0 bridgehead atoms. The summed E-state index contributed by atoms with van der Waals surface area (Å²) >= 11 is 3.50. The van der Waals surface area contributed by atoms with E-state index >= 15 is 0 Å². The highest BCUT2D eigenvalue weighted by atomic mass is 127. The van der Waals surface area contributed by atoms with Crippen LogP contribution in [0.25, 0.3) is 0 Å². The maximum absolute atomic E-state index is 14.3. The minimum atomic E-state index is -4.47. The fourth-order valence-electron chi connectivity index (χ4n) is 2.90. The van der Waals surface area contributed by atoms with Crippen LogP contribution in [0.15, 0.2) is 36.4 Å². The van der Waals surface area contributed by atoms with E-state index in [1.54, 1.807) is 23.9 Å². The Morgan fingerprint density at radius 1 is 1.10 bits per heavy atom. The molecule has 168 valence electrons. The fourth-order valence-corrected chi connectivity index (χ4v) is 4.44. The van der Waals surface area contributed by atoms with Crippen molar-refractivity contribution in [2.24, 2.45) is 0 Å². The molecule has 2 rings (SSSR count). The number of rotatable bonds is 7. The second-order valence-electron chi connectivity index (χ2n) is 7.49. The first-order valence-corrected chi connectivity index (χ1v) is 11.6. The Hall–Kier alpha value is -1.82. The molecule has 31 heavy (non-hydrogen) atoms. The second kappa shape index (κ2) is 10.2. The summed E-state index contributed by atoms with van der Waals surface area (Å²) in [6.07, 6.45) is -3.83. The van der Waals surface area contributed by atoms with Gasteiger partial charge in [-0.3, -0.25) is 9.59 Å². The van der Waals surface area contributed by atoms with E-state index in [4.69, 9.17) is 0 Å². The van der Waals surface area contributed by atoms with E-state index in [1.165, 1.54) is 6.07 Å². The molecule has 10 heteroatoms. The molecule has 2 N–H and O–H groups in total. The molecule has 0 aliphatic rings. The highest BCUT2D eigenvalue weighted by Gasteiger charge is 2.28. The molecule has 0 aromatic heterocycles. The summed E-state index contributed by atoms with van der Waals surface area (Å²) in [5, 5.41) is 5.23. The zero-order valence-electron chi connectivity index (χ0n) is 17.0. The Morgan fingerprint density at radius 2 is 1.77 bits per heavy atom. The molecule has 0 radical (unpaired) electrons. The largest absolute Gasteiger partial charge is 0.393 e. The maximum atomic E-state index is 14.3. The van der Waals surface area contributed by atoms with Gasteiger partial charge < -0.3 is 10.6 Å². The van der Waals surface area contributed by atoms with Crippen LogP contribution in [0.4, 0.5) is 23.2 Å². The summed E-state index contributed by atoms with van der Waals surface area (Å²) in [5.41, 5.74) is -0.881. The molecule has 0 aliphatic heterocycles. The van der Waals surface area contributed by atoms with E-state index in [9.17, 15) is 27.2 Å². The molecule has 2 aromatic carbocycles. The minimum Gasteiger partial charge on any atom is -0.346 e. The minimum absolute atomic E-state index is 0.0307. The zero-order valence-corrected chi connectivity index (χ0v) is 20.0. The zero-order chi connectivity index (χ0) is 23.4. The third kappa shape index (κ3) is 7.37. The molecule has 0 unspecified atom stereocenters. The van der Waals surface area contributed by atoms with Crippen molar-refractivity contribution in [3.8, 4) is 0 Å². The van der Waals surface area contributed by atoms with E-state index < -0.39 is 35.8 Å². The first-order valence-electron chi connectivity index (χ1n) is 9.09. The van der Waals surface area contributed by atoms with Crippen molar-refractivity contribution in [3.63, 3.8) is 0 Å². The average Bonchev–Trinajstić information content (AvgIpc) is 2.61. The fraction of sp³-hybridized carbons (Fsp3) is 0.333. The van der Waals surface area contributed by atoms with Crippen LogP contribution in [-0.2, 0) is 6.42 Å².